The van der Waals surface area contributed by atoms with Crippen LogP contribution in [0.4, 0.5) is 5.69 Å². The number of hydrogen-bond donors (Lipinski definition) is 0. The quantitative estimate of drug-likeness (QED) is 0.739. The number of benzene rings is 1. The van der Waals surface area contributed by atoms with Gasteiger partial charge in [-0.15, -0.1) is 0 Å². The summed E-state index contributed by atoms with van der Waals surface area (Å²) in [5.74, 6) is 0.240. The molecule has 1 atom stereocenters. The van der Waals surface area contributed by atoms with Crippen LogP contribution in [0.1, 0.15) is 20.3 Å². The second-order valence-corrected chi connectivity index (χ2v) is 7.01. The molecule has 7 heteroatoms. The topological polar surface area (TPSA) is 70.2 Å². The third-order valence-electron chi connectivity index (χ3n) is 4.77. The van der Waals surface area contributed by atoms with Gasteiger partial charge in [0.05, 0.1) is 17.7 Å². The van der Waals surface area contributed by atoms with Crippen LogP contribution in [0.15, 0.2) is 24.3 Å². The van der Waals surface area contributed by atoms with Crippen LogP contribution in [0.2, 0.25) is 0 Å². The van der Waals surface area contributed by atoms with Gasteiger partial charge >= 0.3 is 0 Å². The third-order valence-corrected chi connectivity index (χ3v) is 4.77. The van der Waals surface area contributed by atoms with Crippen molar-refractivity contribution < 1.29 is 19.1 Å². The van der Waals surface area contributed by atoms with Gasteiger partial charge in [0.2, 0.25) is 18.2 Å². The van der Waals surface area contributed by atoms with Gasteiger partial charge in [-0.05, 0) is 26.0 Å². The highest BCUT2D eigenvalue weighted by Crippen LogP contribution is 2.34. The van der Waals surface area contributed by atoms with Crippen molar-refractivity contribution in [2.75, 3.05) is 37.6 Å². The first-order valence-electron chi connectivity index (χ1n) is 9.03. The molecule has 2 fully saturated rings. The maximum absolute atomic E-state index is 12.8. The zero-order valence-electron chi connectivity index (χ0n) is 15.3. The molecule has 3 rings (SSSR count). The first kappa shape index (κ1) is 18.2. The number of rotatable bonds is 5. The standard InChI is InChI=1S/C19H25N3O4/c1-14(2)26-17-6-4-3-5-16(17)22-12-15(11-18(22)24)19(25)21-9-7-20(13-23)8-10-21/h3-6,13-15H,7-12H2,1-2H3. The van der Waals surface area contributed by atoms with Crippen LogP contribution in [-0.4, -0.2) is 66.9 Å². The number of nitrogens with zero attached hydrogens (tertiary/aromatic N) is 3. The summed E-state index contributed by atoms with van der Waals surface area (Å²) in [6.07, 6.45) is 1.03. The summed E-state index contributed by atoms with van der Waals surface area (Å²) >= 11 is 0. The lowest BCUT2D eigenvalue weighted by molar-refractivity contribution is -0.139. The fourth-order valence-electron chi connectivity index (χ4n) is 3.45. The zero-order chi connectivity index (χ0) is 18.7. The smallest absolute Gasteiger partial charge is 0.228 e. The molecule has 1 aromatic rings. The maximum Gasteiger partial charge on any atom is 0.228 e. The number of carbonyl (C=O) groups is 3. The van der Waals surface area contributed by atoms with Gasteiger partial charge < -0.3 is 19.4 Å². The van der Waals surface area contributed by atoms with E-state index in [-0.39, 0.29) is 30.3 Å². The minimum absolute atomic E-state index is 0.000370. The first-order valence-corrected chi connectivity index (χ1v) is 9.03. The van der Waals surface area contributed by atoms with Gasteiger partial charge in [-0.3, -0.25) is 14.4 Å². The monoisotopic (exact) mass is 359 g/mol. The Labute approximate surface area is 153 Å². The molecule has 2 saturated heterocycles. The van der Waals surface area contributed by atoms with Crippen LogP contribution in [-0.2, 0) is 14.4 Å². The fraction of sp³-hybridized carbons (Fsp3) is 0.526. The van der Waals surface area contributed by atoms with Gasteiger partial charge in [0.15, 0.2) is 0 Å². The van der Waals surface area contributed by atoms with Crippen LogP contribution in [0.25, 0.3) is 0 Å². The lowest BCUT2D eigenvalue weighted by Crippen LogP contribution is -2.50. The van der Waals surface area contributed by atoms with Crippen molar-refractivity contribution in [3.05, 3.63) is 24.3 Å². The van der Waals surface area contributed by atoms with Crippen LogP contribution < -0.4 is 9.64 Å². The minimum Gasteiger partial charge on any atom is -0.489 e. The Hall–Kier alpha value is -2.57. The Bertz CT molecular complexity index is 683. The molecular weight excluding hydrogens is 334 g/mol. The van der Waals surface area contributed by atoms with Crippen molar-refractivity contribution in [1.82, 2.24) is 9.80 Å². The summed E-state index contributed by atoms with van der Waals surface area (Å²) < 4.78 is 5.81. The summed E-state index contributed by atoms with van der Waals surface area (Å²) in [6.45, 7) is 6.38. The molecule has 2 aliphatic heterocycles. The predicted molar refractivity (Wildman–Crippen MR) is 96.9 cm³/mol. The van der Waals surface area contributed by atoms with E-state index in [1.165, 1.54) is 0 Å². The van der Waals surface area contributed by atoms with Crippen molar-refractivity contribution in [3.8, 4) is 5.75 Å². The third kappa shape index (κ3) is 3.81. The molecule has 0 bridgehead atoms. The summed E-state index contributed by atoms with van der Waals surface area (Å²) in [4.78, 5) is 41.2. The molecule has 1 unspecified atom stereocenters. The molecule has 0 aromatic heterocycles. The van der Waals surface area contributed by atoms with Gasteiger partial charge in [0, 0.05) is 39.1 Å². The lowest BCUT2D eigenvalue weighted by atomic mass is 10.1. The summed E-state index contributed by atoms with van der Waals surface area (Å²) in [5, 5.41) is 0. The van der Waals surface area contributed by atoms with E-state index in [9.17, 15) is 14.4 Å². The molecular formula is C19H25N3O4. The molecule has 0 radical (unpaired) electrons. The van der Waals surface area contributed by atoms with E-state index in [0.29, 0.717) is 44.2 Å². The van der Waals surface area contributed by atoms with E-state index in [2.05, 4.69) is 0 Å². The van der Waals surface area contributed by atoms with Crippen LogP contribution in [0, 0.1) is 5.92 Å². The van der Waals surface area contributed by atoms with Crippen molar-refractivity contribution in [1.29, 1.82) is 0 Å². The molecule has 2 aliphatic rings. The van der Waals surface area contributed by atoms with Crippen LogP contribution >= 0.6 is 0 Å². The zero-order valence-corrected chi connectivity index (χ0v) is 15.3. The van der Waals surface area contributed by atoms with E-state index in [4.69, 9.17) is 4.74 Å². The molecule has 0 spiro atoms. The Morgan fingerprint density at radius 2 is 1.88 bits per heavy atom. The van der Waals surface area contributed by atoms with Gasteiger partial charge in [0.1, 0.15) is 5.75 Å². The van der Waals surface area contributed by atoms with E-state index < -0.39 is 0 Å². The highest BCUT2D eigenvalue weighted by molar-refractivity contribution is 6.01. The summed E-state index contributed by atoms with van der Waals surface area (Å²) in [6, 6.07) is 7.43. The SMILES string of the molecule is CC(C)Oc1ccccc1N1CC(C(=O)N2CCN(C=O)CC2)CC1=O. The Morgan fingerprint density at radius 1 is 1.19 bits per heavy atom. The molecule has 140 valence electrons. The first-order chi connectivity index (χ1) is 12.5. The van der Waals surface area contributed by atoms with Crippen molar-refractivity contribution >= 4 is 23.9 Å². The Balaban J connectivity index is 1.69. The lowest BCUT2D eigenvalue weighted by Gasteiger charge is -2.34. The molecule has 3 amide bonds. The van der Waals surface area contributed by atoms with Gasteiger partial charge in [0.25, 0.3) is 0 Å². The molecule has 26 heavy (non-hydrogen) atoms. The number of para-hydroxylation sites is 2. The molecule has 7 nitrogen and oxygen atoms in total. The number of amides is 3. The van der Waals surface area contributed by atoms with E-state index in [1.54, 1.807) is 14.7 Å². The van der Waals surface area contributed by atoms with E-state index in [0.717, 1.165) is 6.41 Å². The molecule has 0 N–H and O–H groups in total. The highest BCUT2D eigenvalue weighted by Gasteiger charge is 2.38. The molecule has 0 aliphatic carbocycles. The van der Waals surface area contributed by atoms with Gasteiger partial charge in [-0.2, -0.15) is 0 Å². The second kappa shape index (κ2) is 7.76. The number of anilines is 1. The Kier molecular flexibility index (Phi) is 5.44. The Morgan fingerprint density at radius 3 is 2.54 bits per heavy atom. The fourth-order valence-corrected chi connectivity index (χ4v) is 3.45. The largest absolute Gasteiger partial charge is 0.489 e. The van der Waals surface area contributed by atoms with Gasteiger partial charge in [-0.1, -0.05) is 12.1 Å². The van der Waals surface area contributed by atoms with E-state index >= 15 is 0 Å². The molecule has 2 heterocycles. The van der Waals surface area contributed by atoms with Crippen molar-refractivity contribution in [2.24, 2.45) is 5.92 Å². The maximum atomic E-state index is 12.8. The average molecular weight is 359 g/mol. The average Bonchev–Trinajstić information content (AvgIpc) is 3.03. The summed E-state index contributed by atoms with van der Waals surface area (Å²) in [5.41, 5.74) is 0.715. The normalized spacial score (nSPS) is 20.7. The molecule has 1 aromatic carbocycles. The van der Waals surface area contributed by atoms with E-state index in [1.807, 2.05) is 38.1 Å². The van der Waals surface area contributed by atoms with Crippen LogP contribution in [0.5, 0.6) is 5.75 Å². The number of ether oxygens (including phenoxy) is 1. The number of hydrogen-bond acceptors (Lipinski definition) is 4. The number of piperazine rings is 1. The molecule has 0 saturated carbocycles. The number of carbonyl (C=O) groups excluding carboxylic acids is 3. The van der Waals surface area contributed by atoms with Gasteiger partial charge in [-0.25, -0.2) is 0 Å². The van der Waals surface area contributed by atoms with Crippen LogP contribution in [0.3, 0.4) is 0 Å². The van der Waals surface area contributed by atoms with Crippen molar-refractivity contribution in [2.45, 2.75) is 26.4 Å². The highest BCUT2D eigenvalue weighted by atomic mass is 16.5. The van der Waals surface area contributed by atoms with Crippen molar-refractivity contribution in [3.63, 3.8) is 0 Å². The predicted octanol–water partition coefficient (Wildman–Crippen LogP) is 1.13. The summed E-state index contributed by atoms with van der Waals surface area (Å²) in [7, 11) is 0. The minimum atomic E-state index is -0.350. The second-order valence-electron chi connectivity index (χ2n) is 7.01.